The second kappa shape index (κ2) is 9.96. The van der Waals surface area contributed by atoms with E-state index in [4.69, 9.17) is 0 Å². The van der Waals surface area contributed by atoms with Gasteiger partial charge in [0.25, 0.3) is 5.91 Å². The maximum Gasteiger partial charge on any atom is 0.319 e. The summed E-state index contributed by atoms with van der Waals surface area (Å²) in [5.41, 5.74) is 2.03. The summed E-state index contributed by atoms with van der Waals surface area (Å²) in [6.07, 6.45) is 2.42. The molecular weight excluding hydrogens is 366 g/mol. The lowest BCUT2D eigenvalue weighted by molar-refractivity contribution is 0.0911. The zero-order valence-corrected chi connectivity index (χ0v) is 17.6. The minimum absolute atomic E-state index is 0.00914. The topological polar surface area (TPSA) is 90.5 Å². The van der Waals surface area contributed by atoms with Gasteiger partial charge in [-0.2, -0.15) is 0 Å². The Morgan fingerprint density at radius 2 is 1.66 bits per heavy atom. The number of aromatic hydroxyl groups is 1. The molecule has 0 aliphatic heterocycles. The number of phenolic OH excluding ortho intramolecular Hbond substituents is 1. The Balaban J connectivity index is 1.80. The van der Waals surface area contributed by atoms with Crippen molar-refractivity contribution in [2.24, 2.45) is 0 Å². The number of benzene rings is 2. The highest BCUT2D eigenvalue weighted by atomic mass is 16.3. The molecule has 3 amide bonds. The van der Waals surface area contributed by atoms with E-state index < -0.39 is 0 Å². The standard InChI is InChI=1S/C23H31N3O3/c1-5-23(3,4)26-21(28)18-10-12-19(13-11-18)25-22(29)24-16(2)6-7-17-8-14-20(27)15-9-17/h8-16,27H,5-7H2,1-4H3,(H,26,28)(H2,24,25,29). The molecule has 1 unspecified atom stereocenters. The van der Waals surface area contributed by atoms with Crippen LogP contribution in [-0.4, -0.2) is 28.6 Å². The highest BCUT2D eigenvalue weighted by Crippen LogP contribution is 2.14. The molecule has 0 aliphatic rings. The van der Waals surface area contributed by atoms with Crippen LogP contribution < -0.4 is 16.0 Å². The van der Waals surface area contributed by atoms with E-state index in [2.05, 4.69) is 16.0 Å². The lowest BCUT2D eigenvalue weighted by Gasteiger charge is -2.24. The molecule has 0 saturated carbocycles. The number of hydrogen-bond donors (Lipinski definition) is 4. The molecule has 2 aromatic rings. The molecule has 0 spiro atoms. The summed E-state index contributed by atoms with van der Waals surface area (Å²) in [5.74, 6) is 0.118. The van der Waals surface area contributed by atoms with E-state index >= 15 is 0 Å². The molecule has 0 bridgehead atoms. The minimum atomic E-state index is -0.285. The Hall–Kier alpha value is -3.02. The van der Waals surface area contributed by atoms with E-state index in [9.17, 15) is 14.7 Å². The molecular formula is C23H31N3O3. The SMILES string of the molecule is CCC(C)(C)NC(=O)c1ccc(NC(=O)NC(C)CCc2ccc(O)cc2)cc1. The Morgan fingerprint density at radius 1 is 1.03 bits per heavy atom. The van der Waals surface area contributed by atoms with Crippen LogP contribution in [0.4, 0.5) is 10.5 Å². The summed E-state index contributed by atoms with van der Waals surface area (Å²) in [7, 11) is 0. The molecule has 29 heavy (non-hydrogen) atoms. The highest BCUT2D eigenvalue weighted by Gasteiger charge is 2.18. The third-order valence-corrected chi connectivity index (χ3v) is 4.92. The van der Waals surface area contributed by atoms with E-state index in [1.807, 2.05) is 39.8 Å². The fourth-order valence-corrected chi connectivity index (χ4v) is 2.68. The van der Waals surface area contributed by atoms with Crippen LogP contribution in [0.3, 0.4) is 0 Å². The zero-order valence-electron chi connectivity index (χ0n) is 17.6. The third-order valence-electron chi connectivity index (χ3n) is 4.92. The van der Waals surface area contributed by atoms with Crippen LogP contribution >= 0.6 is 0 Å². The molecule has 0 radical (unpaired) electrons. The van der Waals surface area contributed by atoms with Gasteiger partial charge < -0.3 is 21.1 Å². The first-order valence-electron chi connectivity index (χ1n) is 9.96. The minimum Gasteiger partial charge on any atom is -0.508 e. The number of phenols is 1. The molecule has 0 saturated heterocycles. The van der Waals surface area contributed by atoms with Crippen molar-refractivity contribution in [2.45, 2.75) is 58.5 Å². The predicted octanol–water partition coefficient (Wildman–Crippen LogP) is 4.45. The summed E-state index contributed by atoms with van der Waals surface area (Å²) < 4.78 is 0. The maximum absolute atomic E-state index is 12.3. The molecule has 0 aliphatic carbocycles. The summed E-state index contributed by atoms with van der Waals surface area (Å²) in [6, 6.07) is 13.6. The molecule has 0 aromatic heterocycles. The van der Waals surface area contributed by atoms with Crippen LogP contribution in [0.25, 0.3) is 0 Å². The van der Waals surface area contributed by atoms with Crippen molar-refractivity contribution in [2.75, 3.05) is 5.32 Å². The van der Waals surface area contributed by atoms with Crippen LogP contribution in [0.15, 0.2) is 48.5 Å². The number of hydrogen-bond acceptors (Lipinski definition) is 3. The Kier molecular flexibility index (Phi) is 7.65. The quantitative estimate of drug-likeness (QED) is 0.530. The van der Waals surface area contributed by atoms with Crippen molar-refractivity contribution in [1.82, 2.24) is 10.6 Å². The lowest BCUT2D eigenvalue weighted by Crippen LogP contribution is -2.42. The Labute approximate surface area is 172 Å². The van der Waals surface area contributed by atoms with Crippen LogP contribution in [0.1, 0.15) is 56.5 Å². The van der Waals surface area contributed by atoms with Crippen molar-refractivity contribution in [1.29, 1.82) is 0 Å². The van der Waals surface area contributed by atoms with Crippen molar-refractivity contribution >= 4 is 17.6 Å². The normalized spacial score (nSPS) is 12.1. The molecule has 2 rings (SSSR count). The molecule has 6 heteroatoms. The largest absolute Gasteiger partial charge is 0.508 e. The molecule has 6 nitrogen and oxygen atoms in total. The van der Waals surface area contributed by atoms with Gasteiger partial charge in [0.05, 0.1) is 0 Å². The number of amides is 3. The van der Waals surface area contributed by atoms with Crippen molar-refractivity contribution < 1.29 is 14.7 Å². The van der Waals surface area contributed by atoms with Crippen LogP contribution in [0.2, 0.25) is 0 Å². The number of urea groups is 1. The van der Waals surface area contributed by atoms with Crippen LogP contribution in [-0.2, 0) is 6.42 Å². The molecule has 1 atom stereocenters. The summed E-state index contributed by atoms with van der Waals surface area (Å²) in [6.45, 7) is 7.93. The first kappa shape index (κ1) is 22.3. The maximum atomic E-state index is 12.3. The van der Waals surface area contributed by atoms with Gasteiger partial charge in [0, 0.05) is 22.8 Å². The number of carbonyl (C=O) groups is 2. The van der Waals surface area contributed by atoms with Gasteiger partial charge in [0.2, 0.25) is 0 Å². The van der Waals surface area contributed by atoms with E-state index in [0.29, 0.717) is 11.3 Å². The number of aryl methyl sites for hydroxylation is 1. The molecule has 0 heterocycles. The average molecular weight is 398 g/mol. The van der Waals surface area contributed by atoms with Gasteiger partial charge in [0.1, 0.15) is 5.75 Å². The third kappa shape index (κ3) is 7.49. The fourth-order valence-electron chi connectivity index (χ4n) is 2.68. The summed E-state index contributed by atoms with van der Waals surface area (Å²) in [4.78, 5) is 24.5. The molecule has 0 fully saturated rings. The Morgan fingerprint density at radius 3 is 2.24 bits per heavy atom. The zero-order chi connectivity index (χ0) is 21.4. The smallest absolute Gasteiger partial charge is 0.319 e. The first-order valence-corrected chi connectivity index (χ1v) is 9.96. The number of carbonyl (C=O) groups excluding carboxylic acids is 2. The van der Waals surface area contributed by atoms with E-state index in [1.165, 1.54) is 0 Å². The summed E-state index contributed by atoms with van der Waals surface area (Å²) >= 11 is 0. The first-order chi connectivity index (χ1) is 13.7. The number of rotatable bonds is 8. The van der Waals surface area contributed by atoms with Gasteiger partial charge in [-0.3, -0.25) is 4.79 Å². The number of nitrogens with one attached hydrogen (secondary N) is 3. The molecule has 2 aromatic carbocycles. The average Bonchev–Trinajstić information content (AvgIpc) is 2.67. The second-order valence-electron chi connectivity index (χ2n) is 7.97. The fraction of sp³-hybridized carbons (Fsp3) is 0.391. The predicted molar refractivity (Wildman–Crippen MR) is 116 cm³/mol. The monoisotopic (exact) mass is 397 g/mol. The molecule has 4 N–H and O–H groups in total. The van der Waals surface area contributed by atoms with Crippen molar-refractivity contribution in [3.05, 3.63) is 59.7 Å². The van der Waals surface area contributed by atoms with Crippen molar-refractivity contribution in [3.63, 3.8) is 0 Å². The van der Waals surface area contributed by atoms with Gasteiger partial charge in [-0.15, -0.1) is 0 Å². The second-order valence-corrected chi connectivity index (χ2v) is 7.97. The summed E-state index contributed by atoms with van der Waals surface area (Å²) in [5, 5.41) is 18.0. The van der Waals surface area contributed by atoms with Crippen LogP contribution in [0, 0.1) is 0 Å². The van der Waals surface area contributed by atoms with E-state index in [-0.39, 0.29) is 29.3 Å². The lowest BCUT2D eigenvalue weighted by atomic mass is 10.0. The van der Waals surface area contributed by atoms with Gasteiger partial charge >= 0.3 is 6.03 Å². The van der Waals surface area contributed by atoms with Crippen molar-refractivity contribution in [3.8, 4) is 5.75 Å². The van der Waals surface area contributed by atoms with Gasteiger partial charge in [-0.25, -0.2) is 4.79 Å². The van der Waals surface area contributed by atoms with Gasteiger partial charge in [-0.1, -0.05) is 19.1 Å². The number of anilines is 1. The van der Waals surface area contributed by atoms with Gasteiger partial charge in [-0.05, 0) is 82.0 Å². The van der Waals surface area contributed by atoms with E-state index in [0.717, 1.165) is 24.8 Å². The Bertz CT molecular complexity index is 814. The van der Waals surface area contributed by atoms with Gasteiger partial charge in [0.15, 0.2) is 0 Å². The van der Waals surface area contributed by atoms with E-state index in [1.54, 1.807) is 36.4 Å². The van der Waals surface area contributed by atoms with Crippen LogP contribution in [0.5, 0.6) is 5.75 Å². The molecule has 156 valence electrons. The highest BCUT2D eigenvalue weighted by molar-refractivity contribution is 5.96.